The smallest absolute Gasteiger partial charge is 0.225 e. The molecule has 2 aromatic heterocycles. The minimum Gasteiger partial charge on any atom is -0.493 e. The second kappa shape index (κ2) is 25.1. The van der Waals surface area contributed by atoms with E-state index in [9.17, 15) is 4.39 Å². The fourth-order valence-corrected chi connectivity index (χ4v) is 10.7. The summed E-state index contributed by atoms with van der Waals surface area (Å²) < 4.78 is 48.1. The lowest BCUT2D eigenvalue weighted by Crippen LogP contribution is -2.39. The number of methoxy groups -OCH3 is 4. The minimum atomic E-state index is -0.269. The van der Waals surface area contributed by atoms with E-state index in [0.29, 0.717) is 54.2 Å². The third-order valence-electron chi connectivity index (χ3n) is 14.5. The maximum absolute atomic E-state index is 13.7. The van der Waals surface area contributed by atoms with E-state index in [-0.39, 0.29) is 11.9 Å². The van der Waals surface area contributed by atoms with Gasteiger partial charge in [0.15, 0.2) is 23.0 Å². The number of likely N-dealkylation sites (tertiary alicyclic amines) is 1. The first-order valence-electron chi connectivity index (χ1n) is 26.8. The molecule has 10 rings (SSSR count). The first-order valence-corrected chi connectivity index (χ1v) is 26.8. The number of anilines is 4. The van der Waals surface area contributed by atoms with Gasteiger partial charge in [-0.3, -0.25) is 4.90 Å². The number of fused-ring (bicyclic) bond motifs is 2. The highest BCUT2D eigenvalue weighted by atomic mass is 19.1. The lowest BCUT2D eigenvalue weighted by Gasteiger charge is -2.33. The summed E-state index contributed by atoms with van der Waals surface area (Å²) in [5.74, 6) is 7.31. The molecule has 0 bridgehead atoms. The van der Waals surface area contributed by atoms with Gasteiger partial charge in [-0.2, -0.15) is 9.97 Å². The maximum Gasteiger partial charge on any atom is 0.225 e. The Balaban J connectivity index is 0.000000210. The number of piperidine rings is 4. The van der Waals surface area contributed by atoms with Crippen LogP contribution in [0.25, 0.3) is 32.9 Å². The van der Waals surface area contributed by atoms with Gasteiger partial charge in [0.1, 0.15) is 29.0 Å². The third-order valence-corrected chi connectivity index (χ3v) is 14.5. The first kappa shape index (κ1) is 52.3. The van der Waals surface area contributed by atoms with Gasteiger partial charge < -0.3 is 54.2 Å². The molecule has 16 nitrogen and oxygen atoms in total. The van der Waals surface area contributed by atoms with Gasteiger partial charge in [0.25, 0.3) is 0 Å². The Morgan fingerprint density at radius 2 is 0.986 bits per heavy atom. The molecule has 0 spiro atoms. The average molecular weight is 1020 g/mol. The zero-order chi connectivity index (χ0) is 51.4. The van der Waals surface area contributed by atoms with Crippen LogP contribution in [0.1, 0.15) is 83.6 Å². The van der Waals surface area contributed by atoms with Crippen LogP contribution in [-0.4, -0.2) is 131 Å². The van der Waals surface area contributed by atoms with Gasteiger partial charge in [0.05, 0.1) is 58.2 Å². The van der Waals surface area contributed by atoms with Gasteiger partial charge in [0.2, 0.25) is 11.9 Å². The molecule has 0 saturated carbocycles. The Morgan fingerprint density at radius 3 is 1.43 bits per heavy atom. The van der Waals surface area contributed by atoms with Crippen LogP contribution in [0.5, 0.6) is 34.5 Å². The predicted octanol–water partition coefficient (Wildman–Crippen LogP) is 10.1. The van der Waals surface area contributed by atoms with Crippen molar-refractivity contribution in [1.29, 1.82) is 0 Å². The number of hydrogen-bond acceptors (Lipinski definition) is 16. The highest BCUT2D eigenvalue weighted by Gasteiger charge is 2.26. The largest absolute Gasteiger partial charge is 0.493 e. The molecular weight excluding hydrogens is 940 g/mol. The van der Waals surface area contributed by atoms with Crippen LogP contribution >= 0.6 is 0 Å². The van der Waals surface area contributed by atoms with Crippen molar-refractivity contribution in [1.82, 2.24) is 30.2 Å². The Labute approximate surface area is 435 Å². The second-order valence-electron chi connectivity index (χ2n) is 19.5. The Kier molecular flexibility index (Phi) is 17.7. The van der Waals surface area contributed by atoms with Gasteiger partial charge in [-0.1, -0.05) is 12.1 Å². The molecule has 396 valence electrons. The number of benzene rings is 4. The van der Waals surface area contributed by atoms with E-state index in [4.69, 9.17) is 48.4 Å². The van der Waals surface area contributed by atoms with E-state index in [1.165, 1.54) is 37.8 Å². The Hall–Kier alpha value is -6.59. The highest BCUT2D eigenvalue weighted by Crippen LogP contribution is 2.42. The molecule has 17 heteroatoms. The summed E-state index contributed by atoms with van der Waals surface area (Å²) in [5, 5.41) is 12.6. The van der Waals surface area contributed by atoms with E-state index in [0.717, 1.165) is 159 Å². The molecule has 0 unspecified atom stereocenters. The molecule has 4 aromatic carbocycles. The fourth-order valence-electron chi connectivity index (χ4n) is 10.7. The zero-order valence-corrected chi connectivity index (χ0v) is 44.2. The van der Waals surface area contributed by atoms with Crippen molar-refractivity contribution in [3.8, 4) is 45.6 Å². The van der Waals surface area contributed by atoms with Crippen molar-refractivity contribution in [2.24, 2.45) is 0 Å². The van der Waals surface area contributed by atoms with Gasteiger partial charge in [-0.15, -0.1) is 0 Å². The van der Waals surface area contributed by atoms with Crippen molar-refractivity contribution in [2.75, 3.05) is 114 Å². The van der Waals surface area contributed by atoms with E-state index >= 15 is 0 Å². The van der Waals surface area contributed by atoms with Crippen LogP contribution in [-0.2, 0) is 6.54 Å². The number of aromatic nitrogens is 4. The molecule has 0 atom stereocenters. The topological polar surface area (TPSA) is 153 Å². The molecule has 0 amide bonds. The average Bonchev–Trinajstić information content (AvgIpc) is 3.44. The summed E-state index contributed by atoms with van der Waals surface area (Å²) in [6.45, 7) is 13.8. The summed E-state index contributed by atoms with van der Waals surface area (Å²) in [6.07, 6.45) is 11.4. The summed E-state index contributed by atoms with van der Waals surface area (Å²) >= 11 is 0. The van der Waals surface area contributed by atoms with Crippen molar-refractivity contribution in [3.05, 3.63) is 72.0 Å². The van der Waals surface area contributed by atoms with E-state index in [1.807, 2.05) is 38.1 Å². The van der Waals surface area contributed by atoms with Crippen LogP contribution < -0.4 is 54.2 Å². The molecule has 0 radical (unpaired) electrons. The number of halogens is 1. The molecule has 4 aliphatic rings. The van der Waals surface area contributed by atoms with Gasteiger partial charge in [-0.25, -0.2) is 14.4 Å². The lowest BCUT2D eigenvalue weighted by atomic mass is 9.99. The molecule has 6 aromatic rings. The van der Waals surface area contributed by atoms with Crippen molar-refractivity contribution < 1.29 is 32.8 Å². The summed E-state index contributed by atoms with van der Waals surface area (Å²) in [7, 11) is 6.63. The summed E-state index contributed by atoms with van der Waals surface area (Å²) in [4.78, 5) is 27.0. The van der Waals surface area contributed by atoms with Crippen molar-refractivity contribution >= 4 is 45.3 Å². The van der Waals surface area contributed by atoms with Gasteiger partial charge >= 0.3 is 0 Å². The minimum absolute atomic E-state index is 0.261. The number of nitrogens with zero attached hydrogens (tertiary/aromatic N) is 7. The Morgan fingerprint density at radius 1 is 0.541 bits per heavy atom. The molecule has 4 saturated heterocycles. The quantitative estimate of drug-likeness (QED) is 0.0794. The number of nitrogens with one attached hydrogen (secondary N) is 3. The molecule has 4 aliphatic heterocycles. The predicted molar refractivity (Wildman–Crippen MR) is 293 cm³/mol. The van der Waals surface area contributed by atoms with E-state index in [1.54, 1.807) is 40.6 Å². The molecule has 74 heavy (non-hydrogen) atoms. The third kappa shape index (κ3) is 12.5. The van der Waals surface area contributed by atoms with Crippen LogP contribution in [0.2, 0.25) is 0 Å². The number of ether oxygens (including phenoxy) is 6. The van der Waals surface area contributed by atoms with Crippen LogP contribution in [0.3, 0.4) is 0 Å². The lowest BCUT2D eigenvalue weighted by molar-refractivity contribution is 0.210. The number of rotatable bonds is 17. The van der Waals surface area contributed by atoms with Crippen LogP contribution in [0.4, 0.5) is 27.9 Å². The monoisotopic (exact) mass is 1010 g/mol. The normalized spacial score (nSPS) is 16.9. The molecule has 3 N–H and O–H groups in total. The fraction of sp³-hybridized carbons (Fsp3) is 0.509. The number of hydrogen-bond donors (Lipinski definition) is 3. The molecule has 0 aliphatic carbocycles. The molecular formula is C57H75FN10O6. The molecule has 4 fully saturated rings. The second-order valence-corrected chi connectivity index (χ2v) is 19.5. The van der Waals surface area contributed by atoms with Crippen molar-refractivity contribution in [2.45, 2.75) is 96.7 Å². The van der Waals surface area contributed by atoms with Crippen LogP contribution in [0.15, 0.2) is 60.7 Å². The first-order chi connectivity index (χ1) is 36.3. The zero-order valence-electron chi connectivity index (χ0n) is 44.2. The van der Waals surface area contributed by atoms with Crippen LogP contribution in [0, 0.1) is 5.82 Å². The van der Waals surface area contributed by atoms with Gasteiger partial charge in [0, 0.05) is 80.8 Å². The molecule has 6 heterocycles. The van der Waals surface area contributed by atoms with E-state index in [2.05, 4.69) is 42.8 Å². The Bertz CT molecular complexity index is 2770. The summed E-state index contributed by atoms with van der Waals surface area (Å²) in [6, 6.07) is 19.3. The SMILES string of the molecule is CCOc1cc(CN2CCC(Nc3nc(N4CCCCC4)c4cc(OC)c(OC)cc4n3)CC2)cc(OCC)c1-c1ccc(F)cc1.COc1cc2nc(NC3CCNCC3)nc(N3CCCCC3)c2cc1OC. The van der Waals surface area contributed by atoms with E-state index < -0.39 is 0 Å². The van der Waals surface area contributed by atoms with Crippen molar-refractivity contribution in [3.63, 3.8) is 0 Å². The summed E-state index contributed by atoms with van der Waals surface area (Å²) in [5.41, 5.74) is 4.59. The maximum atomic E-state index is 13.7. The standard InChI is InChI=1S/C37H46FN5O4.C20H29N5O2/c1-5-46-33-20-25(21-34(47-6-2)35(33)26-10-12-27(38)13-11-26)24-42-18-14-28(15-19-42)39-37-40-30-23-32(45-4)31(44-3)22-29(30)36(41-37)43-16-8-7-9-17-43;1-26-17-12-15-16(13-18(17)27-2)23-20(22-14-6-8-21-9-7-14)24-19(15)25-10-4-3-5-11-25/h10-13,20-23,28H,5-9,14-19,24H2,1-4H3,(H,39,40,41);12-14,21H,3-11H2,1-2H3,(H,22,23,24). The highest BCUT2D eigenvalue weighted by molar-refractivity contribution is 5.94. The van der Waals surface area contributed by atoms with Gasteiger partial charge in [-0.05, 0) is 139 Å².